The number of aryl methyl sites for hydroxylation is 1. The minimum absolute atomic E-state index is 0.0224. The zero-order chi connectivity index (χ0) is 27.7. The van der Waals surface area contributed by atoms with Crippen LogP contribution >= 0.6 is 0 Å². The van der Waals surface area contributed by atoms with E-state index in [1.54, 1.807) is 37.3 Å². The Labute approximate surface area is 226 Å². The number of hydrogen-bond acceptors (Lipinski definition) is 4. The highest BCUT2D eigenvalue weighted by molar-refractivity contribution is 7.92. The highest BCUT2D eigenvalue weighted by Crippen LogP contribution is 2.21. The molecule has 0 bridgehead atoms. The number of carbonyl (C=O) groups excluding carboxylic acids is 2. The fourth-order valence-electron chi connectivity index (χ4n) is 4.86. The van der Waals surface area contributed by atoms with Crippen molar-refractivity contribution in [2.75, 3.05) is 17.1 Å². The Balaban J connectivity index is 1.71. The van der Waals surface area contributed by atoms with Crippen molar-refractivity contribution in [2.45, 2.75) is 83.8 Å². The summed E-state index contributed by atoms with van der Waals surface area (Å²) in [6.45, 7) is 3.76. The van der Waals surface area contributed by atoms with Gasteiger partial charge in [0.15, 0.2) is 0 Å². The van der Waals surface area contributed by atoms with Gasteiger partial charge in [0.25, 0.3) is 0 Å². The van der Waals surface area contributed by atoms with Gasteiger partial charge in [-0.25, -0.2) is 12.8 Å². The first kappa shape index (κ1) is 29.6. The van der Waals surface area contributed by atoms with Gasteiger partial charge in [0.1, 0.15) is 11.9 Å². The second-order valence-electron chi connectivity index (χ2n) is 10.1. The first-order valence-electron chi connectivity index (χ1n) is 13.5. The van der Waals surface area contributed by atoms with Gasteiger partial charge < -0.3 is 10.2 Å². The molecule has 38 heavy (non-hydrogen) atoms. The Morgan fingerprint density at radius 3 is 2.32 bits per heavy atom. The maximum Gasteiger partial charge on any atom is 0.242 e. The second-order valence-corrected chi connectivity index (χ2v) is 12.0. The van der Waals surface area contributed by atoms with E-state index in [9.17, 15) is 22.4 Å². The summed E-state index contributed by atoms with van der Waals surface area (Å²) in [7, 11) is -3.56. The molecule has 2 aromatic rings. The van der Waals surface area contributed by atoms with Gasteiger partial charge in [-0.2, -0.15) is 0 Å². The summed E-state index contributed by atoms with van der Waals surface area (Å²) in [6, 6.07) is 12.8. The predicted octanol–water partition coefficient (Wildman–Crippen LogP) is 4.80. The molecule has 3 rings (SSSR count). The first-order chi connectivity index (χ1) is 18.1. The summed E-state index contributed by atoms with van der Waals surface area (Å²) >= 11 is 0. The van der Waals surface area contributed by atoms with Crippen molar-refractivity contribution in [3.05, 3.63) is 65.5 Å². The number of carbonyl (C=O) groups is 2. The molecule has 9 heteroatoms. The number of benzene rings is 2. The number of sulfonamides is 1. The third-order valence-electron chi connectivity index (χ3n) is 7.20. The number of hydrogen-bond donors (Lipinski definition) is 1. The molecule has 2 amide bonds. The third-order valence-corrected chi connectivity index (χ3v) is 8.40. The lowest BCUT2D eigenvalue weighted by Crippen LogP contribution is -2.50. The summed E-state index contributed by atoms with van der Waals surface area (Å²) in [4.78, 5) is 27.9. The largest absolute Gasteiger partial charge is 0.352 e. The number of rotatable bonds is 12. The van der Waals surface area contributed by atoms with Gasteiger partial charge in [0, 0.05) is 31.1 Å². The van der Waals surface area contributed by atoms with Gasteiger partial charge >= 0.3 is 0 Å². The lowest BCUT2D eigenvalue weighted by molar-refractivity contribution is -0.141. The highest BCUT2D eigenvalue weighted by atomic mass is 32.2. The van der Waals surface area contributed by atoms with E-state index in [4.69, 9.17) is 0 Å². The topological polar surface area (TPSA) is 86.8 Å². The monoisotopic (exact) mass is 545 g/mol. The molecule has 1 aliphatic carbocycles. The van der Waals surface area contributed by atoms with E-state index in [0.29, 0.717) is 11.3 Å². The Bertz CT molecular complexity index is 1180. The molecule has 0 heterocycles. The smallest absolute Gasteiger partial charge is 0.242 e. The van der Waals surface area contributed by atoms with Crippen LogP contribution in [0.4, 0.5) is 10.1 Å². The van der Waals surface area contributed by atoms with E-state index in [0.717, 1.165) is 50.3 Å². The number of amides is 2. The Hall–Kier alpha value is -2.94. The van der Waals surface area contributed by atoms with Crippen LogP contribution in [0.3, 0.4) is 0 Å². The second kappa shape index (κ2) is 13.7. The minimum atomic E-state index is -3.56. The van der Waals surface area contributed by atoms with Crippen molar-refractivity contribution < 1.29 is 22.4 Å². The molecule has 0 radical (unpaired) electrons. The van der Waals surface area contributed by atoms with Crippen LogP contribution in [0.1, 0.15) is 69.9 Å². The fourth-order valence-corrected chi connectivity index (χ4v) is 5.83. The van der Waals surface area contributed by atoms with Crippen molar-refractivity contribution in [1.82, 2.24) is 10.2 Å². The van der Waals surface area contributed by atoms with Crippen molar-refractivity contribution in [3.8, 4) is 0 Å². The van der Waals surface area contributed by atoms with Crippen LogP contribution in [0.25, 0.3) is 0 Å². The molecule has 1 N–H and O–H groups in total. The quantitative estimate of drug-likeness (QED) is 0.415. The number of nitrogens with zero attached hydrogens (tertiary/aromatic N) is 2. The molecule has 1 aliphatic rings. The molecule has 1 fully saturated rings. The van der Waals surface area contributed by atoms with Crippen LogP contribution in [-0.4, -0.2) is 50.0 Å². The Morgan fingerprint density at radius 1 is 1.05 bits per heavy atom. The van der Waals surface area contributed by atoms with Crippen molar-refractivity contribution in [3.63, 3.8) is 0 Å². The molecule has 2 aromatic carbocycles. The molecule has 0 unspecified atom stereocenters. The van der Waals surface area contributed by atoms with Crippen molar-refractivity contribution >= 4 is 27.5 Å². The Kier molecular flexibility index (Phi) is 10.7. The zero-order valence-corrected chi connectivity index (χ0v) is 23.5. The molecule has 0 aromatic heterocycles. The van der Waals surface area contributed by atoms with E-state index in [1.807, 2.05) is 19.1 Å². The summed E-state index contributed by atoms with van der Waals surface area (Å²) < 4.78 is 40.8. The number of halogens is 1. The summed E-state index contributed by atoms with van der Waals surface area (Å²) in [5, 5.41) is 3.07. The van der Waals surface area contributed by atoms with Crippen LogP contribution in [0.2, 0.25) is 0 Å². The van der Waals surface area contributed by atoms with Gasteiger partial charge in [0.05, 0.1) is 11.9 Å². The summed E-state index contributed by atoms with van der Waals surface area (Å²) in [5.74, 6) is -1.02. The van der Waals surface area contributed by atoms with E-state index < -0.39 is 21.9 Å². The van der Waals surface area contributed by atoms with Gasteiger partial charge in [0.2, 0.25) is 21.8 Å². The third kappa shape index (κ3) is 8.28. The molecule has 1 saturated carbocycles. The van der Waals surface area contributed by atoms with E-state index in [-0.39, 0.29) is 43.8 Å². The number of nitrogens with one attached hydrogen (secondary N) is 1. The molecule has 1 atom stereocenters. The summed E-state index contributed by atoms with van der Waals surface area (Å²) in [5.41, 5.74) is 1.97. The molecule has 0 aliphatic heterocycles. The van der Waals surface area contributed by atoms with Crippen molar-refractivity contribution in [2.24, 2.45) is 0 Å². The van der Waals surface area contributed by atoms with E-state index >= 15 is 0 Å². The normalized spacial score (nSPS) is 15.1. The van der Waals surface area contributed by atoms with Crippen LogP contribution in [0, 0.1) is 5.82 Å². The highest BCUT2D eigenvalue weighted by Gasteiger charge is 2.29. The average Bonchev–Trinajstić information content (AvgIpc) is 2.90. The number of anilines is 1. The van der Waals surface area contributed by atoms with E-state index in [1.165, 1.54) is 15.3 Å². The minimum Gasteiger partial charge on any atom is -0.352 e. The summed E-state index contributed by atoms with van der Waals surface area (Å²) in [6.07, 6.45) is 7.39. The van der Waals surface area contributed by atoms with Crippen molar-refractivity contribution in [1.29, 1.82) is 0 Å². The molecule has 208 valence electrons. The molecular formula is C29H40FN3O4S. The van der Waals surface area contributed by atoms with E-state index in [2.05, 4.69) is 5.32 Å². The van der Waals surface area contributed by atoms with Gasteiger partial charge in [-0.05, 0) is 56.4 Å². The maximum atomic E-state index is 14.5. The molecule has 7 nitrogen and oxygen atoms in total. The molecule has 0 spiro atoms. The molecule has 0 saturated heterocycles. The average molecular weight is 546 g/mol. The van der Waals surface area contributed by atoms with Crippen LogP contribution in [-0.2, 0) is 32.6 Å². The van der Waals surface area contributed by atoms with Gasteiger partial charge in [-0.15, -0.1) is 0 Å². The van der Waals surface area contributed by atoms with Gasteiger partial charge in [-0.1, -0.05) is 56.5 Å². The lowest BCUT2D eigenvalue weighted by atomic mass is 9.95. The van der Waals surface area contributed by atoms with Crippen LogP contribution in [0.5, 0.6) is 0 Å². The van der Waals surface area contributed by atoms with Gasteiger partial charge in [-0.3, -0.25) is 13.9 Å². The van der Waals surface area contributed by atoms with Crippen LogP contribution in [0.15, 0.2) is 48.5 Å². The Morgan fingerprint density at radius 2 is 1.71 bits per heavy atom. The maximum absolute atomic E-state index is 14.5. The SMILES string of the molecule is CCc1ccc(N(CCCC(=O)N(Cc2ccccc2F)[C@@H](C)C(=O)NC2CCCCC2)S(C)(=O)=O)cc1. The first-order valence-corrected chi connectivity index (χ1v) is 15.3. The zero-order valence-electron chi connectivity index (χ0n) is 22.7. The standard InChI is InChI=1S/C29H40FN3O4S/c1-4-23-16-18-26(19-17-23)33(38(3,36)37)20-10-15-28(34)32(21-24-11-8-9-14-27(24)30)22(2)29(35)31-25-12-6-5-7-13-25/h8-9,11,14,16-19,22,25H,4-7,10,12-13,15,20-21H2,1-3H3,(H,31,35)/t22-/m0/s1. The molecular weight excluding hydrogens is 505 g/mol. The fraction of sp³-hybridized carbons (Fsp3) is 0.517. The lowest BCUT2D eigenvalue weighted by Gasteiger charge is -2.31. The van der Waals surface area contributed by atoms with Crippen LogP contribution < -0.4 is 9.62 Å². The predicted molar refractivity (Wildman–Crippen MR) is 149 cm³/mol.